The first-order chi connectivity index (χ1) is 9.75. The molecule has 3 aliphatic rings. The van der Waals surface area contributed by atoms with Gasteiger partial charge in [-0.3, -0.25) is 14.5 Å². The Balaban J connectivity index is 1.55. The van der Waals surface area contributed by atoms with Crippen LogP contribution in [0.1, 0.15) is 38.5 Å². The molecule has 5 heteroatoms. The Morgan fingerprint density at radius 3 is 2.55 bits per heavy atom. The number of piperidine rings is 1. The minimum Gasteiger partial charge on any atom is -0.355 e. The monoisotopic (exact) mass is 279 g/mol. The number of nitrogens with one attached hydrogen (secondary N) is 1. The zero-order valence-corrected chi connectivity index (χ0v) is 12.1. The van der Waals surface area contributed by atoms with Crippen molar-refractivity contribution in [3.63, 3.8) is 0 Å². The van der Waals surface area contributed by atoms with E-state index in [0.29, 0.717) is 11.8 Å². The normalized spacial score (nSPS) is 29.5. The van der Waals surface area contributed by atoms with Crippen molar-refractivity contribution in [1.82, 2.24) is 15.1 Å². The molecule has 5 nitrogen and oxygen atoms in total. The minimum atomic E-state index is 0.0301. The molecule has 0 radical (unpaired) electrons. The van der Waals surface area contributed by atoms with E-state index in [2.05, 4.69) is 10.2 Å². The fourth-order valence-electron chi connectivity index (χ4n) is 3.49. The fraction of sp³-hybridized carbons (Fsp3) is 0.867. The molecule has 2 heterocycles. The van der Waals surface area contributed by atoms with Crippen LogP contribution < -0.4 is 5.32 Å². The van der Waals surface area contributed by atoms with E-state index >= 15 is 0 Å². The van der Waals surface area contributed by atoms with E-state index in [1.54, 1.807) is 0 Å². The summed E-state index contributed by atoms with van der Waals surface area (Å²) >= 11 is 0. The molecule has 1 saturated carbocycles. The molecule has 1 aliphatic carbocycles. The van der Waals surface area contributed by atoms with Crippen molar-refractivity contribution in [3.8, 4) is 0 Å². The van der Waals surface area contributed by atoms with Gasteiger partial charge in [0.25, 0.3) is 0 Å². The molecule has 1 N–H and O–H groups in total. The van der Waals surface area contributed by atoms with Crippen molar-refractivity contribution >= 4 is 11.8 Å². The van der Waals surface area contributed by atoms with E-state index in [-0.39, 0.29) is 11.9 Å². The van der Waals surface area contributed by atoms with Crippen LogP contribution in [0, 0.1) is 5.92 Å². The highest BCUT2D eigenvalue weighted by Crippen LogP contribution is 2.28. The van der Waals surface area contributed by atoms with Crippen molar-refractivity contribution < 1.29 is 9.59 Å². The van der Waals surface area contributed by atoms with Gasteiger partial charge in [0.05, 0.1) is 6.04 Å². The third kappa shape index (κ3) is 2.82. The van der Waals surface area contributed by atoms with Crippen LogP contribution in [0.5, 0.6) is 0 Å². The maximum atomic E-state index is 12.3. The van der Waals surface area contributed by atoms with Gasteiger partial charge in [-0.1, -0.05) is 6.42 Å². The molecule has 2 saturated heterocycles. The number of hydrogen-bond donors (Lipinski definition) is 1. The Labute approximate surface area is 120 Å². The van der Waals surface area contributed by atoms with Crippen LogP contribution in [0.3, 0.4) is 0 Å². The molecule has 2 amide bonds. The Morgan fingerprint density at radius 1 is 1.00 bits per heavy atom. The summed E-state index contributed by atoms with van der Waals surface area (Å²) in [5.74, 6) is 0.820. The second-order valence-electron chi connectivity index (χ2n) is 6.29. The van der Waals surface area contributed by atoms with Gasteiger partial charge in [-0.25, -0.2) is 0 Å². The Morgan fingerprint density at radius 2 is 1.85 bits per heavy atom. The molecular weight excluding hydrogens is 254 g/mol. The second-order valence-corrected chi connectivity index (χ2v) is 6.29. The summed E-state index contributed by atoms with van der Waals surface area (Å²) in [6.45, 7) is 4.25. The first kappa shape index (κ1) is 13.9. The van der Waals surface area contributed by atoms with Gasteiger partial charge in [0, 0.05) is 38.6 Å². The lowest BCUT2D eigenvalue weighted by Crippen LogP contribution is -2.51. The van der Waals surface area contributed by atoms with Gasteiger partial charge in [0.1, 0.15) is 0 Å². The smallest absolute Gasteiger partial charge is 0.237 e. The first-order valence-electron chi connectivity index (χ1n) is 8.06. The molecule has 1 atom stereocenters. The van der Waals surface area contributed by atoms with Crippen LogP contribution in [0.15, 0.2) is 0 Å². The molecule has 112 valence electrons. The molecule has 3 fully saturated rings. The maximum absolute atomic E-state index is 12.3. The lowest BCUT2D eigenvalue weighted by atomic mass is 9.84. The Kier molecular flexibility index (Phi) is 4.24. The number of hydrogen-bond acceptors (Lipinski definition) is 3. The molecule has 0 spiro atoms. The van der Waals surface area contributed by atoms with Gasteiger partial charge in [0.2, 0.25) is 11.8 Å². The van der Waals surface area contributed by atoms with Crippen LogP contribution in [-0.4, -0.2) is 60.4 Å². The average Bonchev–Trinajstić information content (AvgIpc) is 2.63. The number of carbonyl (C=O) groups is 2. The van der Waals surface area contributed by atoms with Crippen molar-refractivity contribution in [2.45, 2.75) is 44.6 Å². The topological polar surface area (TPSA) is 52.7 Å². The van der Waals surface area contributed by atoms with Crippen molar-refractivity contribution in [3.05, 3.63) is 0 Å². The predicted octanol–water partition coefficient (Wildman–Crippen LogP) is 0.599. The highest BCUT2D eigenvalue weighted by molar-refractivity contribution is 5.82. The molecule has 0 bridgehead atoms. The van der Waals surface area contributed by atoms with E-state index in [9.17, 15) is 9.59 Å². The Bertz CT molecular complexity index is 381. The van der Waals surface area contributed by atoms with Crippen LogP contribution in [0.2, 0.25) is 0 Å². The molecular formula is C15H25N3O2. The van der Waals surface area contributed by atoms with Gasteiger partial charge < -0.3 is 10.2 Å². The summed E-state index contributed by atoms with van der Waals surface area (Å²) in [5.41, 5.74) is 0. The average molecular weight is 279 g/mol. The second kappa shape index (κ2) is 6.12. The van der Waals surface area contributed by atoms with Gasteiger partial charge in [-0.2, -0.15) is 0 Å². The van der Waals surface area contributed by atoms with Gasteiger partial charge in [-0.15, -0.1) is 0 Å². The van der Waals surface area contributed by atoms with Crippen molar-refractivity contribution in [2.24, 2.45) is 5.92 Å². The lowest BCUT2D eigenvalue weighted by Gasteiger charge is -2.33. The molecule has 3 rings (SSSR count). The number of nitrogens with zero attached hydrogens (tertiary/aromatic N) is 2. The van der Waals surface area contributed by atoms with Crippen molar-refractivity contribution in [2.75, 3.05) is 32.7 Å². The van der Waals surface area contributed by atoms with Crippen LogP contribution >= 0.6 is 0 Å². The Hall–Kier alpha value is -1.10. The third-order valence-electron chi connectivity index (χ3n) is 4.99. The van der Waals surface area contributed by atoms with Crippen LogP contribution in [-0.2, 0) is 9.59 Å². The SMILES string of the molecule is O=C1NCCCC1N1CCCN(C(=O)C2CCC2)CC1. The summed E-state index contributed by atoms with van der Waals surface area (Å²) in [6, 6.07) is 0.0301. The molecule has 2 aliphatic heterocycles. The summed E-state index contributed by atoms with van der Waals surface area (Å²) in [6.07, 6.45) is 6.37. The molecule has 0 aromatic rings. The third-order valence-corrected chi connectivity index (χ3v) is 4.99. The molecule has 0 aromatic heterocycles. The minimum absolute atomic E-state index is 0.0301. The van der Waals surface area contributed by atoms with E-state index in [0.717, 1.165) is 64.8 Å². The summed E-state index contributed by atoms with van der Waals surface area (Å²) in [7, 11) is 0. The zero-order valence-electron chi connectivity index (χ0n) is 12.1. The van der Waals surface area contributed by atoms with E-state index < -0.39 is 0 Å². The largest absolute Gasteiger partial charge is 0.355 e. The predicted molar refractivity (Wildman–Crippen MR) is 76.1 cm³/mol. The van der Waals surface area contributed by atoms with E-state index in [4.69, 9.17) is 0 Å². The molecule has 0 aromatic carbocycles. The number of amides is 2. The van der Waals surface area contributed by atoms with Gasteiger partial charge >= 0.3 is 0 Å². The zero-order chi connectivity index (χ0) is 13.9. The first-order valence-corrected chi connectivity index (χ1v) is 8.06. The highest BCUT2D eigenvalue weighted by atomic mass is 16.2. The summed E-state index contributed by atoms with van der Waals surface area (Å²) in [4.78, 5) is 28.6. The standard InChI is InChI=1S/C15H25N3O2/c19-14-13(6-2-7-16-14)17-8-3-9-18(11-10-17)15(20)12-4-1-5-12/h12-13H,1-11H2,(H,16,19). The van der Waals surface area contributed by atoms with Gasteiger partial charge in [-0.05, 0) is 32.1 Å². The van der Waals surface area contributed by atoms with Gasteiger partial charge in [0.15, 0.2) is 0 Å². The summed E-state index contributed by atoms with van der Waals surface area (Å²) < 4.78 is 0. The lowest BCUT2D eigenvalue weighted by molar-refractivity contribution is -0.138. The van der Waals surface area contributed by atoms with Crippen molar-refractivity contribution in [1.29, 1.82) is 0 Å². The number of carbonyl (C=O) groups excluding carboxylic acids is 2. The molecule has 20 heavy (non-hydrogen) atoms. The number of rotatable bonds is 2. The van der Waals surface area contributed by atoms with Crippen LogP contribution in [0.25, 0.3) is 0 Å². The fourth-order valence-corrected chi connectivity index (χ4v) is 3.49. The van der Waals surface area contributed by atoms with E-state index in [1.165, 1.54) is 6.42 Å². The summed E-state index contributed by atoms with van der Waals surface area (Å²) in [5, 5.41) is 2.96. The van der Waals surface area contributed by atoms with Crippen LogP contribution in [0.4, 0.5) is 0 Å². The van der Waals surface area contributed by atoms with E-state index in [1.807, 2.05) is 4.90 Å². The molecule has 1 unspecified atom stereocenters. The highest BCUT2D eigenvalue weighted by Gasteiger charge is 2.33. The quantitative estimate of drug-likeness (QED) is 0.805. The maximum Gasteiger partial charge on any atom is 0.237 e.